The van der Waals surface area contributed by atoms with E-state index in [4.69, 9.17) is 9.47 Å². The molecule has 3 aromatic rings. The van der Waals surface area contributed by atoms with E-state index < -0.39 is 0 Å². The fourth-order valence-electron chi connectivity index (χ4n) is 3.01. The van der Waals surface area contributed by atoms with Crippen molar-refractivity contribution in [3.8, 4) is 11.5 Å². The highest BCUT2D eigenvalue weighted by Gasteiger charge is 2.17. The fourth-order valence-corrected chi connectivity index (χ4v) is 3.01. The van der Waals surface area contributed by atoms with Crippen LogP contribution < -0.4 is 14.8 Å². The van der Waals surface area contributed by atoms with Crippen LogP contribution in [0.3, 0.4) is 0 Å². The Morgan fingerprint density at radius 3 is 2.37 bits per heavy atom. The second-order valence-electron chi connectivity index (χ2n) is 6.25. The van der Waals surface area contributed by atoms with Gasteiger partial charge in [-0.2, -0.15) is 0 Å². The van der Waals surface area contributed by atoms with Gasteiger partial charge < -0.3 is 19.4 Å². The van der Waals surface area contributed by atoms with E-state index in [0.29, 0.717) is 29.3 Å². The summed E-state index contributed by atoms with van der Waals surface area (Å²) >= 11 is 0. The summed E-state index contributed by atoms with van der Waals surface area (Å²) in [6.07, 6.45) is 1.77. The van der Waals surface area contributed by atoms with Crippen molar-refractivity contribution in [2.45, 2.75) is 20.4 Å². The SMILES string of the molecule is COc1cc(NC(=O)c2cc(C)n(Cc3ccccn3)c2C)cc(OC)c1. The third kappa shape index (κ3) is 4.11. The predicted molar refractivity (Wildman–Crippen MR) is 105 cm³/mol. The number of anilines is 1. The number of aromatic nitrogens is 2. The maximum absolute atomic E-state index is 12.8. The van der Waals surface area contributed by atoms with Crippen LogP contribution in [0, 0.1) is 13.8 Å². The Bertz CT molecular complexity index is 927. The molecular weight excluding hydrogens is 342 g/mol. The largest absolute Gasteiger partial charge is 0.497 e. The minimum atomic E-state index is -0.175. The Morgan fingerprint density at radius 2 is 1.78 bits per heavy atom. The maximum atomic E-state index is 12.8. The van der Waals surface area contributed by atoms with Gasteiger partial charge in [0, 0.05) is 41.5 Å². The van der Waals surface area contributed by atoms with Gasteiger partial charge in [0.2, 0.25) is 0 Å². The number of hydrogen-bond donors (Lipinski definition) is 1. The van der Waals surface area contributed by atoms with Crippen molar-refractivity contribution in [3.63, 3.8) is 0 Å². The number of aryl methyl sites for hydroxylation is 1. The number of rotatable bonds is 6. The molecule has 0 saturated carbocycles. The lowest BCUT2D eigenvalue weighted by molar-refractivity contribution is 0.102. The molecule has 1 aromatic carbocycles. The van der Waals surface area contributed by atoms with Gasteiger partial charge in [-0.3, -0.25) is 9.78 Å². The number of hydrogen-bond acceptors (Lipinski definition) is 4. The van der Waals surface area contributed by atoms with Crippen LogP contribution in [0.4, 0.5) is 5.69 Å². The molecule has 0 spiro atoms. The summed E-state index contributed by atoms with van der Waals surface area (Å²) in [5.41, 5.74) is 4.09. The standard InChI is InChI=1S/C21H23N3O3/c1-14-9-20(15(2)24(14)13-16-7-5-6-8-22-16)21(25)23-17-10-18(26-3)12-19(11-17)27-4/h5-12H,13H2,1-4H3,(H,23,25). The molecule has 0 fully saturated rings. The van der Waals surface area contributed by atoms with Crippen LogP contribution in [-0.2, 0) is 6.54 Å². The van der Waals surface area contributed by atoms with Gasteiger partial charge in [0.1, 0.15) is 11.5 Å². The van der Waals surface area contributed by atoms with Crippen LogP contribution in [-0.4, -0.2) is 29.7 Å². The predicted octanol–water partition coefficient (Wildman–Crippen LogP) is 3.82. The number of ether oxygens (including phenoxy) is 2. The fraction of sp³-hybridized carbons (Fsp3) is 0.238. The van der Waals surface area contributed by atoms with Crippen molar-refractivity contribution in [2.75, 3.05) is 19.5 Å². The minimum absolute atomic E-state index is 0.175. The number of nitrogens with one attached hydrogen (secondary N) is 1. The molecule has 6 heteroatoms. The van der Waals surface area contributed by atoms with Crippen LogP contribution >= 0.6 is 0 Å². The number of pyridine rings is 1. The summed E-state index contributed by atoms with van der Waals surface area (Å²) in [6, 6.07) is 13.0. The molecule has 0 saturated heterocycles. The first-order valence-electron chi connectivity index (χ1n) is 8.63. The molecule has 0 bridgehead atoms. The number of carbonyl (C=O) groups is 1. The Balaban J connectivity index is 1.85. The van der Waals surface area contributed by atoms with Gasteiger partial charge in [-0.05, 0) is 32.0 Å². The number of methoxy groups -OCH3 is 2. The van der Waals surface area contributed by atoms with E-state index in [-0.39, 0.29) is 5.91 Å². The molecule has 6 nitrogen and oxygen atoms in total. The highest BCUT2D eigenvalue weighted by Crippen LogP contribution is 2.26. The van der Waals surface area contributed by atoms with E-state index in [2.05, 4.69) is 14.9 Å². The molecule has 0 aliphatic rings. The van der Waals surface area contributed by atoms with Gasteiger partial charge >= 0.3 is 0 Å². The lowest BCUT2D eigenvalue weighted by Gasteiger charge is -2.11. The topological polar surface area (TPSA) is 65.4 Å². The number of benzene rings is 1. The molecule has 2 aromatic heterocycles. The second-order valence-corrected chi connectivity index (χ2v) is 6.25. The van der Waals surface area contributed by atoms with E-state index in [0.717, 1.165) is 17.1 Å². The highest BCUT2D eigenvalue weighted by atomic mass is 16.5. The minimum Gasteiger partial charge on any atom is -0.497 e. The zero-order valence-corrected chi connectivity index (χ0v) is 15.9. The van der Waals surface area contributed by atoms with Crippen molar-refractivity contribution < 1.29 is 14.3 Å². The first-order valence-corrected chi connectivity index (χ1v) is 8.63. The van der Waals surface area contributed by atoms with Crippen LogP contribution in [0.15, 0.2) is 48.7 Å². The first-order chi connectivity index (χ1) is 13.0. The number of nitrogens with zero attached hydrogens (tertiary/aromatic N) is 2. The van der Waals surface area contributed by atoms with Crippen LogP contribution in [0.2, 0.25) is 0 Å². The molecule has 1 amide bonds. The van der Waals surface area contributed by atoms with Gasteiger partial charge in [0.25, 0.3) is 5.91 Å². The van der Waals surface area contributed by atoms with Crippen molar-refractivity contribution >= 4 is 11.6 Å². The van der Waals surface area contributed by atoms with E-state index in [1.807, 2.05) is 38.1 Å². The van der Waals surface area contributed by atoms with Crippen LogP contribution in [0.1, 0.15) is 27.4 Å². The summed E-state index contributed by atoms with van der Waals surface area (Å²) < 4.78 is 12.6. The molecule has 0 atom stereocenters. The van der Waals surface area contributed by atoms with Crippen molar-refractivity contribution in [3.05, 3.63) is 71.3 Å². The third-order valence-corrected chi connectivity index (χ3v) is 4.47. The van der Waals surface area contributed by atoms with Crippen molar-refractivity contribution in [1.82, 2.24) is 9.55 Å². The monoisotopic (exact) mass is 365 g/mol. The summed E-state index contributed by atoms with van der Waals surface area (Å²) in [4.78, 5) is 17.2. The lowest BCUT2D eigenvalue weighted by atomic mass is 10.2. The summed E-state index contributed by atoms with van der Waals surface area (Å²) in [5.74, 6) is 1.06. The van der Waals surface area contributed by atoms with Crippen molar-refractivity contribution in [1.29, 1.82) is 0 Å². The molecule has 0 unspecified atom stereocenters. The molecule has 0 radical (unpaired) electrons. The molecule has 140 valence electrons. The highest BCUT2D eigenvalue weighted by molar-refractivity contribution is 6.05. The Hall–Kier alpha value is -3.28. The van der Waals surface area contributed by atoms with Gasteiger partial charge in [0.05, 0.1) is 32.0 Å². The summed E-state index contributed by atoms with van der Waals surface area (Å²) in [6.45, 7) is 4.55. The zero-order chi connectivity index (χ0) is 19.4. The molecule has 0 aliphatic carbocycles. The van der Waals surface area contributed by atoms with Gasteiger partial charge in [0.15, 0.2) is 0 Å². The van der Waals surface area contributed by atoms with Gasteiger partial charge in [-0.15, -0.1) is 0 Å². The van der Waals surface area contributed by atoms with Crippen molar-refractivity contribution in [2.24, 2.45) is 0 Å². The van der Waals surface area contributed by atoms with E-state index in [1.165, 1.54) is 0 Å². The first kappa shape index (κ1) is 18.5. The summed E-state index contributed by atoms with van der Waals surface area (Å²) in [5, 5.41) is 2.93. The van der Waals surface area contributed by atoms with Gasteiger partial charge in [-0.1, -0.05) is 6.07 Å². The van der Waals surface area contributed by atoms with E-state index >= 15 is 0 Å². The Labute approximate surface area is 158 Å². The molecule has 27 heavy (non-hydrogen) atoms. The maximum Gasteiger partial charge on any atom is 0.257 e. The number of amides is 1. The van der Waals surface area contributed by atoms with Gasteiger partial charge in [-0.25, -0.2) is 0 Å². The van der Waals surface area contributed by atoms with Crippen LogP contribution in [0.25, 0.3) is 0 Å². The van der Waals surface area contributed by atoms with E-state index in [9.17, 15) is 4.79 Å². The van der Waals surface area contributed by atoms with E-state index in [1.54, 1.807) is 38.6 Å². The molecule has 1 N–H and O–H groups in total. The molecular formula is C21H23N3O3. The Morgan fingerprint density at radius 1 is 1.07 bits per heavy atom. The Kier molecular flexibility index (Phi) is 5.45. The molecule has 2 heterocycles. The normalized spacial score (nSPS) is 10.5. The molecule has 0 aliphatic heterocycles. The average molecular weight is 365 g/mol. The second kappa shape index (κ2) is 7.95. The average Bonchev–Trinajstić information content (AvgIpc) is 2.96. The summed E-state index contributed by atoms with van der Waals surface area (Å²) in [7, 11) is 3.15. The molecule has 3 rings (SSSR count). The lowest BCUT2D eigenvalue weighted by Crippen LogP contribution is -2.14. The van der Waals surface area contributed by atoms with Crippen LogP contribution in [0.5, 0.6) is 11.5 Å². The quantitative estimate of drug-likeness (QED) is 0.721. The number of carbonyl (C=O) groups excluding carboxylic acids is 1. The smallest absolute Gasteiger partial charge is 0.257 e. The zero-order valence-electron chi connectivity index (χ0n) is 15.9. The third-order valence-electron chi connectivity index (χ3n) is 4.47.